The number of fused-ring (bicyclic) bond motifs is 1. The van der Waals surface area contributed by atoms with Gasteiger partial charge in [-0.1, -0.05) is 24.6 Å². The van der Waals surface area contributed by atoms with Crippen LogP contribution in [0, 0.1) is 6.92 Å². The lowest BCUT2D eigenvalue weighted by Gasteiger charge is -2.15. The molecular formula is C16H20ClNO2. The molecule has 0 fully saturated rings. The van der Waals surface area contributed by atoms with Crippen molar-refractivity contribution >= 4 is 28.5 Å². The van der Waals surface area contributed by atoms with Crippen molar-refractivity contribution in [1.82, 2.24) is 4.57 Å². The first-order valence-corrected chi connectivity index (χ1v) is 7.36. The van der Waals surface area contributed by atoms with E-state index >= 15 is 0 Å². The number of aromatic nitrogens is 1. The Morgan fingerprint density at radius 3 is 2.70 bits per heavy atom. The summed E-state index contributed by atoms with van der Waals surface area (Å²) in [6, 6.07) is 5.93. The van der Waals surface area contributed by atoms with Crippen LogP contribution in [0.1, 0.15) is 49.3 Å². The maximum atomic E-state index is 12.2. The average molecular weight is 294 g/mol. The number of carbonyl (C=O) groups excluding carboxylic acids is 1. The van der Waals surface area contributed by atoms with Gasteiger partial charge in [0.1, 0.15) is 0 Å². The number of esters is 1. The maximum Gasteiger partial charge on any atom is 0.340 e. The smallest absolute Gasteiger partial charge is 0.340 e. The fourth-order valence-corrected chi connectivity index (χ4v) is 2.79. The highest BCUT2D eigenvalue weighted by Gasteiger charge is 2.22. The summed E-state index contributed by atoms with van der Waals surface area (Å²) < 4.78 is 7.36. The molecule has 0 aliphatic rings. The van der Waals surface area contributed by atoms with Crippen molar-refractivity contribution in [3.8, 4) is 0 Å². The molecule has 2 rings (SSSR count). The zero-order valence-corrected chi connectivity index (χ0v) is 13.1. The molecule has 0 saturated heterocycles. The molecule has 2 aromatic rings. The van der Waals surface area contributed by atoms with Crippen LogP contribution in [-0.2, 0) is 4.74 Å². The summed E-state index contributed by atoms with van der Waals surface area (Å²) in [5.41, 5.74) is 2.58. The molecule has 1 atom stereocenters. The number of nitrogens with zero attached hydrogens (tertiary/aromatic N) is 1. The van der Waals surface area contributed by atoms with Gasteiger partial charge in [-0.3, -0.25) is 0 Å². The number of hydrogen-bond acceptors (Lipinski definition) is 2. The van der Waals surface area contributed by atoms with Gasteiger partial charge in [-0.05, 0) is 39.3 Å². The van der Waals surface area contributed by atoms with Crippen LogP contribution in [0.3, 0.4) is 0 Å². The Morgan fingerprint density at radius 2 is 2.10 bits per heavy atom. The number of benzene rings is 1. The first kappa shape index (κ1) is 14.9. The largest absolute Gasteiger partial charge is 0.462 e. The van der Waals surface area contributed by atoms with Gasteiger partial charge < -0.3 is 9.30 Å². The molecule has 3 nitrogen and oxygen atoms in total. The molecule has 0 aliphatic carbocycles. The van der Waals surface area contributed by atoms with Crippen LogP contribution in [0.15, 0.2) is 18.2 Å². The quantitative estimate of drug-likeness (QED) is 0.762. The van der Waals surface area contributed by atoms with Gasteiger partial charge in [-0.25, -0.2) is 4.79 Å². The third-order valence-corrected chi connectivity index (χ3v) is 3.96. The minimum Gasteiger partial charge on any atom is -0.462 e. The fourth-order valence-electron chi connectivity index (χ4n) is 2.62. The second kappa shape index (κ2) is 5.88. The first-order chi connectivity index (χ1) is 9.51. The van der Waals surface area contributed by atoms with E-state index in [0.29, 0.717) is 23.2 Å². The van der Waals surface area contributed by atoms with Gasteiger partial charge in [0.05, 0.1) is 17.7 Å². The Morgan fingerprint density at radius 1 is 1.40 bits per heavy atom. The van der Waals surface area contributed by atoms with Gasteiger partial charge in [-0.2, -0.15) is 0 Å². The molecule has 0 saturated carbocycles. The normalized spacial score (nSPS) is 12.7. The summed E-state index contributed by atoms with van der Waals surface area (Å²) in [4.78, 5) is 12.2. The van der Waals surface area contributed by atoms with Crippen molar-refractivity contribution < 1.29 is 9.53 Å². The lowest BCUT2D eigenvalue weighted by atomic mass is 10.1. The highest BCUT2D eigenvalue weighted by molar-refractivity contribution is 6.31. The Bertz CT molecular complexity index is 645. The number of rotatable bonds is 4. The highest BCUT2D eigenvalue weighted by atomic mass is 35.5. The van der Waals surface area contributed by atoms with Crippen molar-refractivity contribution in [2.45, 2.75) is 40.2 Å². The molecule has 0 bridgehead atoms. The van der Waals surface area contributed by atoms with E-state index in [-0.39, 0.29) is 5.97 Å². The van der Waals surface area contributed by atoms with Crippen molar-refractivity contribution in [2.24, 2.45) is 0 Å². The summed E-state index contributed by atoms with van der Waals surface area (Å²) in [6.45, 7) is 8.43. The van der Waals surface area contributed by atoms with Crippen LogP contribution in [0.4, 0.5) is 0 Å². The van der Waals surface area contributed by atoms with Crippen molar-refractivity contribution in [1.29, 1.82) is 0 Å². The average Bonchev–Trinajstić information content (AvgIpc) is 2.69. The number of halogens is 1. The topological polar surface area (TPSA) is 31.2 Å². The van der Waals surface area contributed by atoms with Gasteiger partial charge in [0.2, 0.25) is 0 Å². The van der Waals surface area contributed by atoms with Crippen LogP contribution in [0.25, 0.3) is 10.9 Å². The van der Waals surface area contributed by atoms with Crippen molar-refractivity contribution in [3.05, 3.63) is 34.5 Å². The molecule has 1 aromatic heterocycles. The van der Waals surface area contributed by atoms with E-state index in [1.807, 2.05) is 32.0 Å². The van der Waals surface area contributed by atoms with Crippen LogP contribution < -0.4 is 0 Å². The van der Waals surface area contributed by atoms with Gasteiger partial charge in [0.25, 0.3) is 0 Å². The third kappa shape index (κ3) is 2.42. The van der Waals surface area contributed by atoms with E-state index in [0.717, 1.165) is 23.0 Å². The Balaban J connectivity index is 2.75. The summed E-state index contributed by atoms with van der Waals surface area (Å²) in [6.07, 6.45) is 0.986. The molecule has 4 heteroatoms. The molecule has 0 N–H and O–H groups in total. The van der Waals surface area contributed by atoms with E-state index in [9.17, 15) is 4.79 Å². The van der Waals surface area contributed by atoms with E-state index in [2.05, 4.69) is 18.4 Å². The predicted molar refractivity (Wildman–Crippen MR) is 82.6 cm³/mol. The van der Waals surface area contributed by atoms with Crippen LogP contribution >= 0.6 is 11.6 Å². The second-order valence-corrected chi connectivity index (χ2v) is 5.41. The molecule has 0 spiro atoms. The Kier molecular flexibility index (Phi) is 4.39. The van der Waals surface area contributed by atoms with Crippen LogP contribution in [0.5, 0.6) is 0 Å². The van der Waals surface area contributed by atoms with Gasteiger partial charge >= 0.3 is 5.97 Å². The minimum absolute atomic E-state index is 0.264. The minimum atomic E-state index is -0.264. The molecule has 0 radical (unpaired) electrons. The number of hydrogen-bond donors (Lipinski definition) is 0. The fraction of sp³-hybridized carbons (Fsp3) is 0.438. The lowest BCUT2D eigenvalue weighted by molar-refractivity contribution is 0.0527. The zero-order valence-electron chi connectivity index (χ0n) is 12.4. The van der Waals surface area contributed by atoms with Crippen LogP contribution in [-0.4, -0.2) is 17.1 Å². The zero-order chi connectivity index (χ0) is 14.9. The second-order valence-electron chi connectivity index (χ2n) is 4.97. The lowest BCUT2D eigenvalue weighted by Crippen LogP contribution is -2.09. The molecule has 20 heavy (non-hydrogen) atoms. The summed E-state index contributed by atoms with van der Waals surface area (Å²) in [7, 11) is 0. The Labute approximate surface area is 124 Å². The molecule has 1 aromatic carbocycles. The molecule has 1 unspecified atom stereocenters. The summed E-state index contributed by atoms with van der Waals surface area (Å²) in [5.74, 6) is -0.264. The SMILES string of the molecule is CCOC(=O)c1c(C)n(C(C)CC)c2cc(Cl)ccc12. The summed E-state index contributed by atoms with van der Waals surface area (Å²) in [5, 5.41) is 1.58. The maximum absolute atomic E-state index is 12.2. The van der Waals surface area contributed by atoms with Gasteiger partial charge in [-0.15, -0.1) is 0 Å². The first-order valence-electron chi connectivity index (χ1n) is 6.98. The number of ether oxygens (including phenoxy) is 1. The monoisotopic (exact) mass is 293 g/mol. The highest BCUT2D eigenvalue weighted by Crippen LogP contribution is 2.32. The van der Waals surface area contributed by atoms with Gasteiger partial charge in [0, 0.05) is 22.1 Å². The molecular weight excluding hydrogens is 274 g/mol. The van der Waals surface area contributed by atoms with Crippen LogP contribution in [0.2, 0.25) is 5.02 Å². The van der Waals surface area contributed by atoms with E-state index in [4.69, 9.17) is 16.3 Å². The van der Waals surface area contributed by atoms with E-state index in [1.54, 1.807) is 0 Å². The Hall–Kier alpha value is -1.48. The van der Waals surface area contributed by atoms with E-state index in [1.165, 1.54) is 0 Å². The van der Waals surface area contributed by atoms with Crippen molar-refractivity contribution in [3.63, 3.8) is 0 Å². The summed E-state index contributed by atoms with van der Waals surface area (Å²) >= 11 is 6.11. The van der Waals surface area contributed by atoms with E-state index < -0.39 is 0 Å². The number of carbonyl (C=O) groups is 1. The third-order valence-electron chi connectivity index (χ3n) is 3.72. The molecule has 108 valence electrons. The molecule has 0 aliphatic heterocycles. The molecule has 0 amide bonds. The van der Waals surface area contributed by atoms with Gasteiger partial charge in [0.15, 0.2) is 0 Å². The van der Waals surface area contributed by atoms with Crippen molar-refractivity contribution in [2.75, 3.05) is 6.61 Å². The molecule has 1 heterocycles. The predicted octanol–water partition coefficient (Wildman–Crippen LogP) is 4.75. The standard InChI is InChI=1S/C16H20ClNO2/c1-5-10(3)18-11(4)15(16(19)20-6-2)13-8-7-12(17)9-14(13)18/h7-10H,5-6H2,1-4H3.